The summed E-state index contributed by atoms with van der Waals surface area (Å²) in [6, 6.07) is 1.58. The van der Waals surface area contributed by atoms with E-state index in [1.165, 1.54) is 13.1 Å². The normalized spacial score (nSPS) is 8.93. The zero-order valence-corrected chi connectivity index (χ0v) is 8.93. The molecular weight excluding hydrogens is 214 g/mol. The molecule has 0 bridgehead atoms. The van der Waals surface area contributed by atoms with Gasteiger partial charge in [-0.25, -0.2) is 4.98 Å². The second kappa shape index (κ2) is 5.23. The number of nitrogens with two attached hydrogens (primary N) is 1. The van der Waals surface area contributed by atoms with Crippen LogP contribution in [0.15, 0.2) is 12.3 Å². The first-order valence-corrected chi connectivity index (χ1v) is 4.61. The summed E-state index contributed by atoms with van der Waals surface area (Å²) < 4.78 is 0. The first-order valence-electron chi connectivity index (χ1n) is 4.24. The highest BCUT2D eigenvalue weighted by molar-refractivity contribution is 6.30. The fourth-order valence-electron chi connectivity index (χ4n) is 0.856. The van der Waals surface area contributed by atoms with Crippen LogP contribution in [-0.2, 0) is 4.79 Å². The Hall–Kier alpha value is -1.73. The first-order chi connectivity index (χ1) is 7.09. The maximum atomic E-state index is 10.5. The topological polar surface area (TPSA) is 68.0 Å². The van der Waals surface area contributed by atoms with Gasteiger partial charge in [0.1, 0.15) is 5.69 Å². The molecule has 0 spiro atoms. The molecular formula is C10H10ClN3O. The van der Waals surface area contributed by atoms with Crippen molar-refractivity contribution < 1.29 is 4.79 Å². The van der Waals surface area contributed by atoms with Crippen molar-refractivity contribution in [3.8, 4) is 11.8 Å². The number of nitrogens with zero attached hydrogens (tertiary/aromatic N) is 1. The first kappa shape index (κ1) is 11.3. The maximum Gasteiger partial charge on any atom is 0.217 e. The average Bonchev–Trinajstić information content (AvgIpc) is 2.14. The Morgan fingerprint density at radius 3 is 3.07 bits per heavy atom. The van der Waals surface area contributed by atoms with Gasteiger partial charge < -0.3 is 11.1 Å². The van der Waals surface area contributed by atoms with Crippen LogP contribution in [0.2, 0.25) is 5.02 Å². The van der Waals surface area contributed by atoms with Gasteiger partial charge in [-0.3, -0.25) is 4.79 Å². The summed E-state index contributed by atoms with van der Waals surface area (Å²) in [5, 5.41) is 3.01. The van der Waals surface area contributed by atoms with Gasteiger partial charge in [-0.1, -0.05) is 17.5 Å². The molecule has 0 saturated carbocycles. The maximum absolute atomic E-state index is 10.5. The van der Waals surface area contributed by atoms with Crippen LogP contribution in [0, 0.1) is 11.8 Å². The number of amides is 1. The highest BCUT2D eigenvalue weighted by Crippen LogP contribution is 2.13. The highest BCUT2D eigenvalue weighted by Gasteiger charge is 1.97. The number of pyridine rings is 1. The van der Waals surface area contributed by atoms with Gasteiger partial charge in [-0.05, 0) is 12.0 Å². The lowest BCUT2D eigenvalue weighted by molar-refractivity contribution is -0.118. The van der Waals surface area contributed by atoms with Crippen molar-refractivity contribution >= 4 is 23.2 Å². The van der Waals surface area contributed by atoms with E-state index in [0.717, 1.165) is 0 Å². The summed E-state index contributed by atoms with van der Waals surface area (Å²) in [5.74, 6) is 5.34. The molecule has 0 fully saturated rings. The number of aromatic nitrogens is 1. The summed E-state index contributed by atoms with van der Waals surface area (Å²) in [4.78, 5) is 14.5. The second-order valence-corrected chi connectivity index (χ2v) is 3.24. The van der Waals surface area contributed by atoms with E-state index < -0.39 is 0 Å². The van der Waals surface area contributed by atoms with Crippen molar-refractivity contribution in [3.05, 3.63) is 23.0 Å². The molecule has 0 radical (unpaired) electrons. The zero-order chi connectivity index (χ0) is 11.3. The Bertz CT molecular complexity index is 434. The third-order valence-electron chi connectivity index (χ3n) is 1.52. The molecule has 0 unspecified atom stereocenters. The molecule has 0 saturated heterocycles. The van der Waals surface area contributed by atoms with Gasteiger partial charge in [-0.15, -0.1) is 0 Å². The zero-order valence-electron chi connectivity index (χ0n) is 8.17. The largest absolute Gasteiger partial charge is 0.396 e. The molecule has 1 aromatic heterocycles. The fourth-order valence-corrected chi connectivity index (χ4v) is 1.02. The molecule has 0 aromatic carbocycles. The van der Waals surface area contributed by atoms with E-state index in [1.807, 2.05) is 0 Å². The van der Waals surface area contributed by atoms with Gasteiger partial charge in [-0.2, -0.15) is 0 Å². The molecule has 1 heterocycles. The Morgan fingerprint density at radius 2 is 2.47 bits per heavy atom. The molecule has 4 nitrogen and oxygen atoms in total. The number of rotatable bonds is 1. The summed E-state index contributed by atoms with van der Waals surface area (Å²) in [7, 11) is 0. The molecule has 0 aliphatic carbocycles. The number of hydrogen-bond donors (Lipinski definition) is 2. The molecule has 5 heteroatoms. The van der Waals surface area contributed by atoms with E-state index in [0.29, 0.717) is 16.4 Å². The van der Waals surface area contributed by atoms with Gasteiger partial charge in [0, 0.05) is 13.1 Å². The molecule has 1 aromatic rings. The van der Waals surface area contributed by atoms with Crippen LogP contribution in [0.3, 0.4) is 0 Å². The van der Waals surface area contributed by atoms with Gasteiger partial charge in [0.25, 0.3) is 0 Å². The van der Waals surface area contributed by atoms with Crippen molar-refractivity contribution in [1.29, 1.82) is 0 Å². The van der Waals surface area contributed by atoms with Crippen LogP contribution < -0.4 is 11.1 Å². The van der Waals surface area contributed by atoms with Crippen molar-refractivity contribution in [2.75, 3.05) is 12.3 Å². The third-order valence-corrected chi connectivity index (χ3v) is 1.72. The summed E-state index contributed by atoms with van der Waals surface area (Å²) in [6.45, 7) is 1.70. The molecule has 1 amide bonds. The molecule has 3 N–H and O–H groups in total. The van der Waals surface area contributed by atoms with Gasteiger partial charge in [0.05, 0.1) is 17.3 Å². The fraction of sp³-hybridized carbons (Fsp3) is 0.200. The van der Waals surface area contributed by atoms with Crippen LogP contribution in [0.25, 0.3) is 0 Å². The Balaban J connectivity index is 2.67. The monoisotopic (exact) mass is 223 g/mol. The lowest BCUT2D eigenvalue weighted by Crippen LogP contribution is -2.19. The molecule has 15 heavy (non-hydrogen) atoms. The Labute approximate surface area is 92.8 Å². The van der Waals surface area contributed by atoms with Crippen LogP contribution >= 0.6 is 11.6 Å². The Kier molecular flexibility index (Phi) is 3.95. The Morgan fingerprint density at radius 1 is 1.73 bits per heavy atom. The second-order valence-electron chi connectivity index (χ2n) is 2.80. The minimum Gasteiger partial charge on any atom is -0.396 e. The number of halogens is 1. The van der Waals surface area contributed by atoms with E-state index in [9.17, 15) is 4.79 Å². The number of carbonyl (C=O) groups is 1. The molecule has 0 aliphatic rings. The quantitative estimate of drug-likeness (QED) is 0.693. The standard InChI is InChI=1S/C10H10ClN3O/c1-7(15)13-4-2-3-10-9(12)5-8(11)6-14-10/h5-6H,4,12H2,1H3,(H,13,15). The van der Waals surface area contributed by atoms with Gasteiger partial charge >= 0.3 is 0 Å². The third kappa shape index (κ3) is 3.88. The molecule has 0 aliphatic heterocycles. The SMILES string of the molecule is CC(=O)NCC#Cc1ncc(Cl)cc1N. The van der Waals surface area contributed by atoms with Crippen LogP contribution in [0.1, 0.15) is 12.6 Å². The molecule has 0 atom stereocenters. The van der Waals surface area contributed by atoms with Crippen LogP contribution in [0.4, 0.5) is 5.69 Å². The van der Waals surface area contributed by atoms with Crippen LogP contribution in [-0.4, -0.2) is 17.4 Å². The van der Waals surface area contributed by atoms with Crippen molar-refractivity contribution in [2.45, 2.75) is 6.92 Å². The number of anilines is 1. The number of hydrogen-bond acceptors (Lipinski definition) is 3. The van der Waals surface area contributed by atoms with Crippen molar-refractivity contribution in [1.82, 2.24) is 10.3 Å². The highest BCUT2D eigenvalue weighted by atomic mass is 35.5. The van der Waals surface area contributed by atoms with Gasteiger partial charge in [0.15, 0.2) is 0 Å². The minimum atomic E-state index is -0.124. The summed E-state index contributed by atoms with van der Waals surface area (Å²) in [6.07, 6.45) is 1.47. The van der Waals surface area contributed by atoms with E-state index in [1.54, 1.807) is 6.07 Å². The van der Waals surface area contributed by atoms with Crippen LogP contribution in [0.5, 0.6) is 0 Å². The van der Waals surface area contributed by atoms with E-state index in [4.69, 9.17) is 17.3 Å². The number of nitrogen functional groups attached to an aromatic ring is 1. The predicted octanol–water partition coefficient (Wildman–Crippen LogP) is 0.805. The number of carbonyl (C=O) groups excluding carboxylic acids is 1. The van der Waals surface area contributed by atoms with Crippen molar-refractivity contribution in [3.63, 3.8) is 0 Å². The summed E-state index contributed by atoms with van der Waals surface area (Å²) in [5.41, 5.74) is 6.52. The van der Waals surface area contributed by atoms with Gasteiger partial charge in [0.2, 0.25) is 5.91 Å². The van der Waals surface area contributed by atoms with E-state index in [-0.39, 0.29) is 12.5 Å². The minimum absolute atomic E-state index is 0.124. The smallest absolute Gasteiger partial charge is 0.217 e. The van der Waals surface area contributed by atoms with Crippen molar-refractivity contribution in [2.24, 2.45) is 0 Å². The average molecular weight is 224 g/mol. The lowest BCUT2D eigenvalue weighted by atomic mass is 10.3. The lowest BCUT2D eigenvalue weighted by Gasteiger charge is -1.97. The molecule has 1 rings (SSSR count). The molecule has 78 valence electrons. The van der Waals surface area contributed by atoms with E-state index >= 15 is 0 Å². The summed E-state index contributed by atoms with van der Waals surface area (Å²) >= 11 is 5.67. The van der Waals surface area contributed by atoms with E-state index in [2.05, 4.69) is 22.1 Å². The number of nitrogens with one attached hydrogen (secondary N) is 1. The predicted molar refractivity (Wildman–Crippen MR) is 59.2 cm³/mol.